The van der Waals surface area contributed by atoms with Gasteiger partial charge in [0.25, 0.3) is 0 Å². The second kappa shape index (κ2) is 7.95. The number of hydrogen-bond acceptors (Lipinski definition) is 3. The first-order chi connectivity index (χ1) is 12.5. The van der Waals surface area contributed by atoms with E-state index in [9.17, 15) is 18.4 Å². The minimum Gasteiger partial charge on any atom is -0.370 e. The third kappa shape index (κ3) is 3.93. The lowest BCUT2D eigenvalue weighted by Crippen LogP contribution is -2.48. The second-order valence-corrected chi connectivity index (χ2v) is 6.61. The van der Waals surface area contributed by atoms with E-state index < -0.39 is 17.7 Å². The molecule has 7 heteroatoms. The SMILES string of the molecule is C=CC(=O)N1CCC(C(=O)N2CCOC(c3ccc(F)cc3F)C2)CC1. The van der Waals surface area contributed by atoms with Gasteiger partial charge in [-0.15, -0.1) is 0 Å². The van der Waals surface area contributed by atoms with Gasteiger partial charge in [0.2, 0.25) is 11.8 Å². The number of hydrogen-bond donors (Lipinski definition) is 0. The Hall–Kier alpha value is -2.28. The van der Waals surface area contributed by atoms with Crippen molar-refractivity contribution < 1.29 is 23.1 Å². The molecule has 2 aliphatic rings. The number of rotatable bonds is 3. The summed E-state index contributed by atoms with van der Waals surface area (Å²) in [6.45, 7) is 5.54. The maximum atomic E-state index is 14.0. The molecular weight excluding hydrogens is 342 g/mol. The Labute approximate surface area is 151 Å². The van der Waals surface area contributed by atoms with Gasteiger partial charge in [-0.3, -0.25) is 9.59 Å². The third-order valence-electron chi connectivity index (χ3n) is 5.02. The molecule has 0 saturated carbocycles. The molecule has 26 heavy (non-hydrogen) atoms. The average Bonchev–Trinajstić information content (AvgIpc) is 2.67. The second-order valence-electron chi connectivity index (χ2n) is 6.61. The largest absolute Gasteiger partial charge is 0.370 e. The zero-order valence-corrected chi connectivity index (χ0v) is 14.5. The monoisotopic (exact) mass is 364 g/mol. The van der Waals surface area contributed by atoms with Crippen molar-refractivity contribution in [3.8, 4) is 0 Å². The highest BCUT2D eigenvalue weighted by molar-refractivity contribution is 5.87. The van der Waals surface area contributed by atoms with Crippen LogP contribution < -0.4 is 0 Å². The number of nitrogens with zero attached hydrogens (tertiary/aromatic N) is 2. The van der Waals surface area contributed by atoms with Crippen LogP contribution in [0.4, 0.5) is 8.78 Å². The number of likely N-dealkylation sites (tertiary alicyclic amines) is 1. The van der Waals surface area contributed by atoms with Crippen molar-refractivity contribution in [1.82, 2.24) is 9.80 Å². The fourth-order valence-electron chi connectivity index (χ4n) is 3.53. The molecule has 2 fully saturated rings. The van der Waals surface area contributed by atoms with Crippen molar-refractivity contribution >= 4 is 11.8 Å². The van der Waals surface area contributed by atoms with Gasteiger partial charge in [0.05, 0.1) is 13.2 Å². The summed E-state index contributed by atoms with van der Waals surface area (Å²) in [5.41, 5.74) is 0.260. The van der Waals surface area contributed by atoms with Crippen molar-refractivity contribution in [2.75, 3.05) is 32.8 Å². The molecule has 2 aliphatic heterocycles. The van der Waals surface area contributed by atoms with E-state index in [4.69, 9.17) is 4.74 Å². The predicted molar refractivity (Wildman–Crippen MR) is 91.1 cm³/mol. The Morgan fingerprint density at radius 3 is 2.54 bits per heavy atom. The normalized spacial score (nSPS) is 21.5. The Balaban J connectivity index is 1.62. The first-order valence-corrected chi connectivity index (χ1v) is 8.76. The first kappa shape index (κ1) is 18.5. The summed E-state index contributed by atoms with van der Waals surface area (Å²) in [4.78, 5) is 27.8. The van der Waals surface area contributed by atoms with Gasteiger partial charge in [-0.1, -0.05) is 12.6 Å². The van der Waals surface area contributed by atoms with Crippen LogP contribution in [0.25, 0.3) is 0 Å². The molecule has 1 aromatic carbocycles. The van der Waals surface area contributed by atoms with E-state index in [0.29, 0.717) is 39.1 Å². The van der Waals surface area contributed by atoms with Crippen molar-refractivity contribution in [3.63, 3.8) is 0 Å². The van der Waals surface area contributed by atoms with Crippen LogP contribution >= 0.6 is 0 Å². The van der Waals surface area contributed by atoms with Crippen molar-refractivity contribution in [1.29, 1.82) is 0 Å². The molecule has 1 unspecified atom stereocenters. The number of morpholine rings is 1. The Kier molecular flexibility index (Phi) is 5.66. The van der Waals surface area contributed by atoms with E-state index in [1.54, 1.807) is 9.80 Å². The molecule has 140 valence electrons. The topological polar surface area (TPSA) is 49.9 Å². The van der Waals surface area contributed by atoms with Crippen molar-refractivity contribution in [2.45, 2.75) is 18.9 Å². The van der Waals surface area contributed by atoms with Crippen LogP contribution in [0.2, 0.25) is 0 Å². The average molecular weight is 364 g/mol. The minimum atomic E-state index is -0.666. The molecule has 2 amide bonds. The van der Waals surface area contributed by atoms with Crippen molar-refractivity contribution in [3.05, 3.63) is 48.1 Å². The maximum Gasteiger partial charge on any atom is 0.245 e. The quantitative estimate of drug-likeness (QED) is 0.774. The zero-order chi connectivity index (χ0) is 18.7. The van der Waals surface area contributed by atoms with Gasteiger partial charge < -0.3 is 14.5 Å². The van der Waals surface area contributed by atoms with Crippen LogP contribution in [0.3, 0.4) is 0 Å². The summed E-state index contributed by atoms with van der Waals surface area (Å²) in [6, 6.07) is 3.38. The van der Waals surface area contributed by atoms with Crippen LogP contribution in [0, 0.1) is 17.6 Å². The summed E-state index contributed by atoms with van der Waals surface area (Å²) in [5, 5.41) is 0. The summed E-state index contributed by atoms with van der Waals surface area (Å²) in [5.74, 6) is -1.57. The lowest BCUT2D eigenvalue weighted by Gasteiger charge is -2.37. The number of benzene rings is 1. The van der Waals surface area contributed by atoms with Gasteiger partial charge in [0, 0.05) is 37.2 Å². The number of ether oxygens (including phenoxy) is 1. The Bertz CT molecular complexity index is 702. The molecule has 1 aromatic rings. The molecule has 3 rings (SSSR count). The van der Waals surface area contributed by atoms with Gasteiger partial charge in [-0.2, -0.15) is 0 Å². The van der Waals surface area contributed by atoms with E-state index in [2.05, 4.69) is 6.58 Å². The zero-order valence-electron chi connectivity index (χ0n) is 14.5. The van der Waals surface area contributed by atoms with E-state index in [-0.39, 0.29) is 29.8 Å². The van der Waals surface area contributed by atoms with Gasteiger partial charge in [0.1, 0.15) is 17.7 Å². The fourth-order valence-corrected chi connectivity index (χ4v) is 3.53. The summed E-state index contributed by atoms with van der Waals surface area (Å²) in [6.07, 6.45) is 1.89. The molecule has 2 heterocycles. The standard InChI is InChI=1S/C19H22F2N2O3/c1-2-18(24)22-7-5-13(6-8-22)19(25)23-9-10-26-17(12-23)15-4-3-14(20)11-16(15)21/h2-4,11,13,17H,1,5-10,12H2. The lowest BCUT2D eigenvalue weighted by molar-refractivity contribution is -0.146. The van der Waals surface area contributed by atoms with Crippen molar-refractivity contribution in [2.24, 2.45) is 5.92 Å². The highest BCUT2D eigenvalue weighted by Crippen LogP contribution is 2.27. The Morgan fingerprint density at radius 2 is 1.88 bits per heavy atom. The third-order valence-corrected chi connectivity index (χ3v) is 5.02. The van der Waals surface area contributed by atoms with E-state index in [1.165, 1.54) is 18.2 Å². The Morgan fingerprint density at radius 1 is 1.15 bits per heavy atom. The maximum absolute atomic E-state index is 14.0. The number of piperidine rings is 1. The van der Waals surface area contributed by atoms with Gasteiger partial charge in [0.15, 0.2) is 0 Å². The molecule has 0 spiro atoms. The first-order valence-electron chi connectivity index (χ1n) is 8.76. The molecule has 5 nitrogen and oxygen atoms in total. The fraction of sp³-hybridized carbons (Fsp3) is 0.474. The highest BCUT2D eigenvalue weighted by Gasteiger charge is 2.33. The molecule has 0 aromatic heterocycles. The molecule has 0 aliphatic carbocycles. The van der Waals surface area contributed by atoms with E-state index in [1.807, 2.05) is 0 Å². The number of amides is 2. The predicted octanol–water partition coefficient (Wildman–Crippen LogP) is 2.29. The highest BCUT2D eigenvalue weighted by atomic mass is 19.1. The van der Waals surface area contributed by atoms with Crippen LogP contribution in [-0.4, -0.2) is 54.4 Å². The number of carbonyl (C=O) groups is 2. The van der Waals surface area contributed by atoms with E-state index in [0.717, 1.165) is 6.07 Å². The molecule has 0 bridgehead atoms. The van der Waals surface area contributed by atoms with E-state index >= 15 is 0 Å². The van der Waals surface area contributed by atoms with Gasteiger partial charge >= 0.3 is 0 Å². The van der Waals surface area contributed by atoms with Crippen LogP contribution in [0.5, 0.6) is 0 Å². The lowest BCUT2D eigenvalue weighted by atomic mass is 9.94. The van der Waals surface area contributed by atoms with Gasteiger partial charge in [-0.25, -0.2) is 8.78 Å². The molecular formula is C19H22F2N2O3. The van der Waals surface area contributed by atoms with Crippen LogP contribution in [0.15, 0.2) is 30.9 Å². The van der Waals surface area contributed by atoms with Gasteiger partial charge in [-0.05, 0) is 25.0 Å². The smallest absolute Gasteiger partial charge is 0.245 e. The molecule has 1 atom stereocenters. The minimum absolute atomic E-state index is 0.00604. The molecule has 0 N–H and O–H groups in total. The summed E-state index contributed by atoms with van der Waals surface area (Å²) in [7, 11) is 0. The number of halogens is 2. The summed E-state index contributed by atoms with van der Waals surface area (Å²) >= 11 is 0. The number of carbonyl (C=O) groups excluding carboxylic acids is 2. The molecule has 2 saturated heterocycles. The summed E-state index contributed by atoms with van der Waals surface area (Å²) < 4.78 is 32.7. The van der Waals surface area contributed by atoms with Crippen LogP contribution in [-0.2, 0) is 14.3 Å². The molecule has 0 radical (unpaired) electrons. The van der Waals surface area contributed by atoms with Crippen LogP contribution in [0.1, 0.15) is 24.5 Å².